The van der Waals surface area contributed by atoms with Crippen LogP contribution in [0.3, 0.4) is 0 Å². The van der Waals surface area contributed by atoms with Crippen molar-refractivity contribution in [3.05, 3.63) is 29.3 Å². The minimum Gasteiger partial charge on any atom is -0.508 e. The maximum atomic E-state index is 9.79. The number of phenolic OH excluding ortho intramolecular Hbond substituents is 1. The quantitative estimate of drug-likeness (QED) is 0.888. The number of fused-ring (bicyclic) bond motifs is 1. The van der Waals surface area contributed by atoms with Gasteiger partial charge in [-0.3, -0.25) is 4.90 Å². The van der Waals surface area contributed by atoms with Crippen molar-refractivity contribution in [3.8, 4) is 5.75 Å². The summed E-state index contributed by atoms with van der Waals surface area (Å²) in [6.45, 7) is 1.22. The Morgan fingerprint density at radius 2 is 1.90 bits per heavy atom. The number of hydrogen-bond acceptors (Lipinski definition) is 2. The summed E-state index contributed by atoms with van der Waals surface area (Å²) in [6.07, 6.45) is 10.8. The second-order valence-electron chi connectivity index (χ2n) is 6.73. The molecule has 110 valence electrons. The van der Waals surface area contributed by atoms with Gasteiger partial charge in [0.2, 0.25) is 0 Å². The Hall–Kier alpha value is -1.02. The molecule has 1 atom stereocenters. The molecule has 1 N–H and O–H groups in total. The molecule has 0 aromatic heterocycles. The molecule has 1 fully saturated rings. The normalized spacial score (nSPS) is 23.8. The van der Waals surface area contributed by atoms with E-state index in [4.69, 9.17) is 0 Å². The van der Waals surface area contributed by atoms with Crippen LogP contribution in [0, 0.1) is 5.92 Å². The van der Waals surface area contributed by atoms with Crippen LogP contribution in [0.4, 0.5) is 0 Å². The average Bonchev–Trinajstić information content (AvgIpc) is 2.47. The van der Waals surface area contributed by atoms with Crippen molar-refractivity contribution in [3.63, 3.8) is 0 Å². The lowest BCUT2D eigenvalue weighted by Gasteiger charge is -2.36. The molecule has 1 aromatic carbocycles. The second kappa shape index (κ2) is 6.17. The Morgan fingerprint density at radius 1 is 1.10 bits per heavy atom. The summed E-state index contributed by atoms with van der Waals surface area (Å²) in [5.41, 5.74) is 2.81. The first-order chi connectivity index (χ1) is 9.74. The van der Waals surface area contributed by atoms with Crippen LogP contribution in [0.1, 0.15) is 62.1 Å². The summed E-state index contributed by atoms with van der Waals surface area (Å²) >= 11 is 0. The molecule has 0 radical (unpaired) electrons. The van der Waals surface area contributed by atoms with Crippen molar-refractivity contribution in [2.45, 2.75) is 57.4 Å². The van der Waals surface area contributed by atoms with Crippen molar-refractivity contribution in [1.82, 2.24) is 4.90 Å². The number of rotatable bonds is 3. The summed E-state index contributed by atoms with van der Waals surface area (Å²) in [5, 5.41) is 9.79. The molecule has 2 nitrogen and oxygen atoms in total. The lowest BCUT2D eigenvalue weighted by molar-refractivity contribution is 0.168. The summed E-state index contributed by atoms with van der Waals surface area (Å²) in [4.78, 5) is 2.55. The number of hydrogen-bond donors (Lipinski definition) is 1. The largest absolute Gasteiger partial charge is 0.508 e. The van der Waals surface area contributed by atoms with E-state index >= 15 is 0 Å². The first-order valence-corrected chi connectivity index (χ1v) is 8.26. The van der Waals surface area contributed by atoms with Gasteiger partial charge in [0, 0.05) is 12.6 Å². The van der Waals surface area contributed by atoms with Crippen molar-refractivity contribution in [2.75, 3.05) is 13.6 Å². The van der Waals surface area contributed by atoms with Gasteiger partial charge in [-0.2, -0.15) is 0 Å². The van der Waals surface area contributed by atoms with Crippen molar-refractivity contribution < 1.29 is 5.11 Å². The Kier molecular flexibility index (Phi) is 4.30. The summed E-state index contributed by atoms with van der Waals surface area (Å²) in [6, 6.07) is 6.46. The Labute approximate surface area is 122 Å². The SMILES string of the molecule is CN(CC1CCCCC1)C1CCCc2ccc(O)cc21. The highest BCUT2D eigenvalue weighted by Crippen LogP contribution is 2.36. The van der Waals surface area contributed by atoms with Crippen molar-refractivity contribution in [2.24, 2.45) is 5.92 Å². The zero-order valence-electron chi connectivity index (χ0n) is 12.6. The molecule has 0 aliphatic heterocycles. The average molecular weight is 273 g/mol. The third-order valence-corrected chi connectivity index (χ3v) is 5.22. The van der Waals surface area contributed by atoms with Crippen LogP contribution in [0.15, 0.2) is 18.2 Å². The number of phenols is 1. The molecule has 0 spiro atoms. The third-order valence-electron chi connectivity index (χ3n) is 5.22. The molecule has 3 rings (SSSR count). The molecular weight excluding hydrogens is 246 g/mol. The number of aromatic hydroxyl groups is 1. The Bertz CT molecular complexity index is 451. The molecule has 0 amide bonds. The molecule has 2 heteroatoms. The number of nitrogens with zero attached hydrogens (tertiary/aromatic N) is 1. The van der Waals surface area contributed by atoms with E-state index in [1.165, 1.54) is 69.0 Å². The van der Waals surface area contributed by atoms with Gasteiger partial charge < -0.3 is 5.11 Å². The van der Waals surface area contributed by atoms with Crippen LogP contribution in [-0.4, -0.2) is 23.6 Å². The summed E-state index contributed by atoms with van der Waals surface area (Å²) < 4.78 is 0. The molecule has 2 aliphatic carbocycles. The molecular formula is C18H27NO. The molecule has 1 aromatic rings. The minimum atomic E-state index is 0.418. The predicted octanol–water partition coefficient (Wildman–Crippen LogP) is 4.28. The fourth-order valence-electron chi connectivity index (χ4n) is 4.12. The molecule has 1 unspecified atom stereocenters. The van der Waals surface area contributed by atoms with Crippen molar-refractivity contribution in [1.29, 1.82) is 0 Å². The second-order valence-corrected chi connectivity index (χ2v) is 6.73. The van der Waals surface area contributed by atoms with E-state index in [-0.39, 0.29) is 0 Å². The van der Waals surface area contributed by atoms with E-state index in [1.807, 2.05) is 12.1 Å². The van der Waals surface area contributed by atoms with Gasteiger partial charge in [-0.25, -0.2) is 0 Å². The fraction of sp³-hybridized carbons (Fsp3) is 0.667. The highest BCUT2D eigenvalue weighted by molar-refractivity contribution is 5.38. The molecule has 1 saturated carbocycles. The smallest absolute Gasteiger partial charge is 0.115 e. The highest BCUT2D eigenvalue weighted by Gasteiger charge is 2.26. The maximum Gasteiger partial charge on any atom is 0.115 e. The van der Waals surface area contributed by atoms with Gasteiger partial charge in [0.05, 0.1) is 0 Å². The van der Waals surface area contributed by atoms with E-state index in [0.29, 0.717) is 11.8 Å². The van der Waals surface area contributed by atoms with Gasteiger partial charge >= 0.3 is 0 Å². The van der Waals surface area contributed by atoms with E-state index in [2.05, 4.69) is 18.0 Å². The monoisotopic (exact) mass is 273 g/mol. The van der Waals surface area contributed by atoms with E-state index in [0.717, 1.165) is 5.92 Å². The third kappa shape index (κ3) is 3.01. The maximum absolute atomic E-state index is 9.79. The van der Waals surface area contributed by atoms with Crippen LogP contribution in [0.5, 0.6) is 5.75 Å². The zero-order valence-corrected chi connectivity index (χ0v) is 12.6. The molecule has 20 heavy (non-hydrogen) atoms. The van der Waals surface area contributed by atoms with Crippen molar-refractivity contribution >= 4 is 0 Å². The van der Waals surface area contributed by atoms with Crippen LogP contribution >= 0.6 is 0 Å². The molecule has 0 bridgehead atoms. The van der Waals surface area contributed by atoms with E-state index < -0.39 is 0 Å². The first-order valence-electron chi connectivity index (χ1n) is 8.26. The zero-order chi connectivity index (χ0) is 13.9. The lowest BCUT2D eigenvalue weighted by Crippen LogP contribution is -2.32. The highest BCUT2D eigenvalue weighted by atomic mass is 16.3. The topological polar surface area (TPSA) is 23.5 Å². The van der Waals surface area contributed by atoms with Gasteiger partial charge in [-0.05, 0) is 68.3 Å². The summed E-state index contributed by atoms with van der Waals surface area (Å²) in [5.74, 6) is 1.30. The molecule has 2 aliphatic rings. The number of benzene rings is 1. The van der Waals surface area contributed by atoms with Gasteiger partial charge in [0.15, 0.2) is 0 Å². The standard InChI is InChI=1S/C18H27NO/c1-19(13-14-6-3-2-4-7-14)18-9-5-8-15-10-11-16(20)12-17(15)18/h10-12,14,18,20H,2-9,13H2,1H3. The van der Waals surface area contributed by atoms with E-state index in [1.54, 1.807) is 0 Å². The fourth-order valence-corrected chi connectivity index (χ4v) is 4.12. The van der Waals surface area contributed by atoms with Crippen LogP contribution in [0.2, 0.25) is 0 Å². The minimum absolute atomic E-state index is 0.418. The first kappa shape index (κ1) is 13.9. The van der Waals surface area contributed by atoms with Gasteiger partial charge in [0.25, 0.3) is 0 Å². The van der Waals surface area contributed by atoms with Crippen LogP contribution in [0.25, 0.3) is 0 Å². The van der Waals surface area contributed by atoms with Gasteiger partial charge in [0.1, 0.15) is 5.75 Å². The lowest BCUT2D eigenvalue weighted by atomic mass is 9.85. The van der Waals surface area contributed by atoms with Gasteiger partial charge in [-0.15, -0.1) is 0 Å². The summed E-state index contributed by atoms with van der Waals surface area (Å²) in [7, 11) is 2.28. The predicted molar refractivity (Wildman–Crippen MR) is 83.0 cm³/mol. The molecule has 0 saturated heterocycles. The Balaban J connectivity index is 1.72. The van der Waals surface area contributed by atoms with Gasteiger partial charge in [-0.1, -0.05) is 25.3 Å². The Morgan fingerprint density at radius 3 is 2.70 bits per heavy atom. The van der Waals surface area contributed by atoms with Crippen LogP contribution in [-0.2, 0) is 6.42 Å². The van der Waals surface area contributed by atoms with E-state index in [9.17, 15) is 5.11 Å². The number of aryl methyl sites for hydroxylation is 1. The van der Waals surface area contributed by atoms with Crippen LogP contribution < -0.4 is 0 Å². The molecule has 0 heterocycles.